The number of hydrogen-bond donors (Lipinski definition) is 0. The van der Waals surface area contributed by atoms with Crippen LogP contribution in [0.5, 0.6) is 0 Å². The topological polar surface area (TPSA) is 28.7 Å². The lowest BCUT2D eigenvalue weighted by atomic mass is 10.2. The van der Waals surface area contributed by atoms with E-state index in [9.17, 15) is 0 Å². The van der Waals surface area contributed by atoms with Crippen molar-refractivity contribution in [2.75, 3.05) is 0 Å². The van der Waals surface area contributed by atoms with Crippen LogP contribution in [0.1, 0.15) is 25.3 Å². The molecule has 66 valence electrons. The van der Waals surface area contributed by atoms with Crippen LogP contribution >= 0.6 is 0 Å². The van der Waals surface area contributed by atoms with Gasteiger partial charge in [0.15, 0.2) is 0 Å². The smallest absolute Gasteiger partial charge is 0.0462 e. The van der Waals surface area contributed by atoms with Gasteiger partial charge in [-0.05, 0) is 24.5 Å². The fraction of sp³-hybridized carbons (Fsp3) is 0.500. The Morgan fingerprint density at radius 2 is 2.17 bits per heavy atom. The van der Waals surface area contributed by atoms with Gasteiger partial charge in [0, 0.05) is 26.0 Å². The number of unbranched alkanes of at least 4 members (excludes halogenated alkanes) is 1. The van der Waals surface area contributed by atoms with Crippen LogP contribution in [0.25, 0.3) is 0 Å². The first-order chi connectivity index (χ1) is 5.83. The van der Waals surface area contributed by atoms with E-state index in [1.54, 1.807) is 0 Å². The molecule has 1 aromatic heterocycles. The summed E-state index contributed by atoms with van der Waals surface area (Å²) in [7, 11) is 2.06. The van der Waals surface area contributed by atoms with Gasteiger partial charge in [-0.15, -0.1) is 0 Å². The predicted octanol–water partition coefficient (Wildman–Crippen LogP) is 2.51. The van der Waals surface area contributed by atoms with Crippen LogP contribution in [0.15, 0.2) is 18.5 Å². The second-order valence-corrected chi connectivity index (χ2v) is 2.79. The third-order valence-electron chi connectivity index (χ3n) is 1.71. The van der Waals surface area contributed by atoms with Crippen LogP contribution in [0, 0.1) is 11.8 Å². The zero-order chi connectivity index (χ0) is 9.40. The summed E-state index contributed by atoms with van der Waals surface area (Å²) in [5.74, 6) is 0. The number of rotatable bonds is 3. The number of nitrogens with zero attached hydrogens (tertiary/aromatic N) is 2. The highest BCUT2D eigenvalue weighted by molar-refractivity contribution is 5.09. The second-order valence-electron chi connectivity index (χ2n) is 2.79. The summed E-state index contributed by atoms with van der Waals surface area (Å²) in [4.78, 5) is 0. The lowest BCUT2D eigenvalue weighted by Crippen LogP contribution is -1.82. The molecule has 12 heavy (non-hydrogen) atoms. The largest absolute Gasteiger partial charge is 0.357 e. The van der Waals surface area contributed by atoms with E-state index in [-0.39, 0.29) is 0 Å². The fourth-order valence-electron chi connectivity index (χ4n) is 1.09. The SMILES string of the molecule is C#N.CCCCc1ccn(C)c1. The molecule has 0 radical (unpaired) electrons. The van der Waals surface area contributed by atoms with Crippen molar-refractivity contribution in [2.45, 2.75) is 26.2 Å². The van der Waals surface area contributed by atoms with Crippen LogP contribution in [-0.2, 0) is 13.5 Å². The summed E-state index contributed by atoms with van der Waals surface area (Å²) >= 11 is 0. The molecule has 2 nitrogen and oxygen atoms in total. The molecule has 1 heterocycles. The van der Waals surface area contributed by atoms with Crippen LogP contribution < -0.4 is 0 Å². The Labute approximate surface area is 74.4 Å². The highest BCUT2D eigenvalue weighted by Gasteiger charge is 1.91. The maximum absolute atomic E-state index is 6.50. The van der Waals surface area contributed by atoms with Gasteiger partial charge in [-0.1, -0.05) is 13.3 Å². The molecule has 2 heteroatoms. The molecular formula is C10H16N2. The van der Waals surface area contributed by atoms with Crippen molar-refractivity contribution in [3.63, 3.8) is 0 Å². The zero-order valence-electron chi connectivity index (χ0n) is 7.83. The predicted molar refractivity (Wildman–Crippen MR) is 50.7 cm³/mol. The second kappa shape index (κ2) is 6.48. The van der Waals surface area contributed by atoms with E-state index in [2.05, 4.69) is 43.6 Å². The molecule has 0 aromatic carbocycles. The average Bonchev–Trinajstić information content (AvgIpc) is 2.51. The first-order valence-electron chi connectivity index (χ1n) is 4.19. The molecule has 0 fully saturated rings. The summed E-state index contributed by atoms with van der Waals surface area (Å²) in [6, 6.07) is 2.19. The van der Waals surface area contributed by atoms with E-state index >= 15 is 0 Å². The van der Waals surface area contributed by atoms with Crippen molar-refractivity contribution in [1.82, 2.24) is 4.57 Å². The summed E-state index contributed by atoms with van der Waals surface area (Å²) in [6.45, 7) is 5.73. The molecule has 0 atom stereocenters. The van der Waals surface area contributed by atoms with E-state index in [1.807, 2.05) is 0 Å². The van der Waals surface area contributed by atoms with Gasteiger partial charge in [-0.3, -0.25) is 0 Å². The molecule has 0 amide bonds. The fourth-order valence-corrected chi connectivity index (χ4v) is 1.09. The van der Waals surface area contributed by atoms with E-state index in [1.165, 1.54) is 24.8 Å². The van der Waals surface area contributed by atoms with E-state index in [0.717, 1.165) is 0 Å². The van der Waals surface area contributed by atoms with Crippen molar-refractivity contribution in [2.24, 2.45) is 7.05 Å². The Morgan fingerprint density at radius 3 is 2.58 bits per heavy atom. The molecule has 0 aliphatic carbocycles. The lowest BCUT2D eigenvalue weighted by Gasteiger charge is -1.92. The maximum atomic E-state index is 6.50. The first-order valence-corrected chi connectivity index (χ1v) is 4.19. The Morgan fingerprint density at radius 1 is 1.50 bits per heavy atom. The number of hydrogen-bond acceptors (Lipinski definition) is 1. The monoisotopic (exact) mass is 164 g/mol. The van der Waals surface area contributed by atoms with Gasteiger partial charge >= 0.3 is 0 Å². The van der Waals surface area contributed by atoms with Gasteiger partial charge in [-0.2, -0.15) is 0 Å². The van der Waals surface area contributed by atoms with Crippen LogP contribution in [0.4, 0.5) is 0 Å². The summed E-state index contributed by atoms with van der Waals surface area (Å²) < 4.78 is 2.10. The maximum Gasteiger partial charge on any atom is 0.0462 e. The van der Waals surface area contributed by atoms with Gasteiger partial charge in [0.05, 0.1) is 0 Å². The lowest BCUT2D eigenvalue weighted by molar-refractivity contribution is 0.791. The molecule has 0 saturated carbocycles. The van der Waals surface area contributed by atoms with Crippen LogP contribution in [0.3, 0.4) is 0 Å². The molecule has 1 aromatic rings. The highest BCUT2D eigenvalue weighted by atomic mass is 14.9. The number of aromatic nitrogens is 1. The third kappa shape index (κ3) is 3.82. The highest BCUT2D eigenvalue weighted by Crippen LogP contribution is 2.04. The Balaban J connectivity index is 0.000000561. The van der Waals surface area contributed by atoms with Crippen molar-refractivity contribution in [3.05, 3.63) is 24.0 Å². The average molecular weight is 164 g/mol. The van der Waals surface area contributed by atoms with Gasteiger partial charge in [0.2, 0.25) is 0 Å². The first kappa shape index (κ1) is 10.8. The Hall–Kier alpha value is -1.23. The van der Waals surface area contributed by atoms with Crippen LogP contribution in [0.2, 0.25) is 0 Å². The van der Waals surface area contributed by atoms with E-state index in [0.29, 0.717) is 0 Å². The normalized spacial score (nSPS) is 8.67. The van der Waals surface area contributed by atoms with Crippen molar-refractivity contribution in [3.8, 4) is 6.57 Å². The van der Waals surface area contributed by atoms with Gasteiger partial charge in [-0.25, -0.2) is 5.26 Å². The number of aryl methyl sites for hydroxylation is 2. The Bertz CT molecular complexity index is 223. The molecule has 0 unspecified atom stereocenters. The summed E-state index contributed by atoms with van der Waals surface area (Å²) in [6.07, 6.45) is 8.12. The minimum Gasteiger partial charge on any atom is -0.357 e. The standard InChI is InChI=1S/C9H15N.CHN/c1-3-4-5-9-6-7-10(2)8-9;1-2/h6-8H,3-5H2,1-2H3;1H. The summed E-state index contributed by atoms with van der Waals surface area (Å²) in [5, 5.41) is 6.50. The molecule has 0 spiro atoms. The van der Waals surface area contributed by atoms with Crippen molar-refractivity contribution >= 4 is 0 Å². The van der Waals surface area contributed by atoms with Gasteiger partial charge in [0.1, 0.15) is 0 Å². The van der Waals surface area contributed by atoms with Gasteiger partial charge in [0.25, 0.3) is 0 Å². The molecule has 0 aliphatic rings. The molecule has 0 aliphatic heterocycles. The number of nitriles is 1. The minimum absolute atomic E-state index is 1.23. The zero-order valence-corrected chi connectivity index (χ0v) is 7.83. The quantitative estimate of drug-likeness (QED) is 0.674. The van der Waals surface area contributed by atoms with Crippen LogP contribution in [-0.4, -0.2) is 4.57 Å². The van der Waals surface area contributed by atoms with Crippen molar-refractivity contribution < 1.29 is 0 Å². The van der Waals surface area contributed by atoms with E-state index in [4.69, 9.17) is 5.26 Å². The molecule has 0 bridgehead atoms. The Kier molecular flexibility index (Phi) is 5.81. The molecular weight excluding hydrogens is 148 g/mol. The minimum atomic E-state index is 1.23. The molecule has 0 saturated heterocycles. The van der Waals surface area contributed by atoms with E-state index < -0.39 is 0 Å². The molecule has 1 rings (SSSR count). The molecule has 0 N–H and O–H groups in total. The van der Waals surface area contributed by atoms with Gasteiger partial charge < -0.3 is 4.57 Å². The third-order valence-corrected chi connectivity index (χ3v) is 1.71. The van der Waals surface area contributed by atoms with Crippen molar-refractivity contribution in [1.29, 1.82) is 5.26 Å². The summed E-state index contributed by atoms with van der Waals surface area (Å²) in [5.41, 5.74) is 1.46.